The van der Waals surface area contributed by atoms with Crippen LogP contribution in [0.5, 0.6) is 0 Å². The van der Waals surface area contributed by atoms with E-state index < -0.39 is 10.0 Å². The summed E-state index contributed by atoms with van der Waals surface area (Å²) in [5, 5.41) is 12.9. The highest BCUT2D eigenvalue weighted by Crippen LogP contribution is 2.29. The minimum Gasteiger partial charge on any atom is -0.326 e. The van der Waals surface area contributed by atoms with Crippen molar-refractivity contribution in [3.8, 4) is 11.1 Å². The molecule has 0 unspecified atom stereocenters. The van der Waals surface area contributed by atoms with Crippen molar-refractivity contribution in [1.29, 1.82) is 0 Å². The first kappa shape index (κ1) is 22.0. The van der Waals surface area contributed by atoms with Crippen LogP contribution in [0.3, 0.4) is 0 Å². The lowest BCUT2D eigenvalue weighted by Crippen LogP contribution is -2.17. The second-order valence-electron chi connectivity index (χ2n) is 7.42. The number of aromatic nitrogens is 2. The summed E-state index contributed by atoms with van der Waals surface area (Å²) in [5.74, 6) is 0.0761. The van der Waals surface area contributed by atoms with Gasteiger partial charge in [0.25, 0.3) is 0 Å². The molecule has 0 bridgehead atoms. The fourth-order valence-electron chi connectivity index (χ4n) is 3.07. The quantitative estimate of drug-likeness (QED) is 0.577. The van der Waals surface area contributed by atoms with E-state index in [9.17, 15) is 13.2 Å². The van der Waals surface area contributed by atoms with E-state index >= 15 is 0 Å². The molecule has 9 heteroatoms. The number of rotatable bonds is 7. The average molecular weight is 447 g/mol. The molecule has 2 aromatic carbocycles. The van der Waals surface area contributed by atoms with E-state index in [2.05, 4.69) is 24.3 Å². The van der Waals surface area contributed by atoms with Gasteiger partial charge in [0.05, 0.1) is 17.5 Å². The second-order valence-corrected chi connectivity index (χ2v) is 9.35. The fourth-order valence-corrected chi connectivity index (χ4v) is 4.06. The summed E-state index contributed by atoms with van der Waals surface area (Å²) < 4.78 is 26.2. The Kier molecular flexibility index (Phi) is 6.60. The maximum atomic E-state index is 12.4. The van der Waals surface area contributed by atoms with Crippen LogP contribution in [0.25, 0.3) is 11.1 Å². The third-order valence-corrected chi connectivity index (χ3v) is 5.70. The molecular weight excluding hydrogens is 424 g/mol. The number of carbonyl (C=O) groups excluding carboxylic acids is 1. The van der Waals surface area contributed by atoms with E-state index in [1.165, 1.54) is 6.07 Å². The van der Waals surface area contributed by atoms with Crippen molar-refractivity contribution in [3.63, 3.8) is 0 Å². The Morgan fingerprint density at radius 3 is 2.63 bits per heavy atom. The van der Waals surface area contributed by atoms with Crippen LogP contribution in [0.1, 0.15) is 19.4 Å². The van der Waals surface area contributed by atoms with Crippen molar-refractivity contribution >= 4 is 33.2 Å². The zero-order valence-corrected chi connectivity index (χ0v) is 18.2. The maximum absolute atomic E-state index is 12.4. The minimum absolute atomic E-state index is 0.0636. The van der Waals surface area contributed by atoms with Crippen LogP contribution in [0, 0.1) is 5.92 Å². The van der Waals surface area contributed by atoms with Crippen LogP contribution in [0.4, 0.5) is 5.69 Å². The highest BCUT2D eigenvalue weighted by Gasteiger charge is 2.18. The van der Waals surface area contributed by atoms with Gasteiger partial charge in [-0.3, -0.25) is 9.48 Å². The lowest BCUT2D eigenvalue weighted by Gasteiger charge is -2.11. The molecule has 158 valence electrons. The monoisotopic (exact) mass is 446 g/mol. The Balaban J connectivity index is 1.87. The number of benzene rings is 2. The highest BCUT2D eigenvalue weighted by molar-refractivity contribution is 7.89. The molecule has 0 radical (unpaired) electrons. The number of carbonyl (C=O) groups is 1. The zero-order chi connectivity index (χ0) is 21.9. The lowest BCUT2D eigenvalue weighted by atomic mass is 10.1. The van der Waals surface area contributed by atoms with Gasteiger partial charge in [-0.25, -0.2) is 13.6 Å². The Hall–Kier alpha value is -2.68. The minimum atomic E-state index is -4.03. The van der Waals surface area contributed by atoms with Gasteiger partial charge in [0, 0.05) is 34.6 Å². The molecule has 0 spiro atoms. The van der Waals surface area contributed by atoms with Gasteiger partial charge in [0.15, 0.2) is 0 Å². The number of nitrogens with one attached hydrogen (secondary N) is 1. The van der Waals surface area contributed by atoms with Crippen LogP contribution in [0.2, 0.25) is 5.02 Å². The van der Waals surface area contributed by atoms with Gasteiger partial charge in [-0.2, -0.15) is 5.10 Å². The number of hydrogen-bond donors (Lipinski definition) is 2. The molecule has 1 heterocycles. The van der Waals surface area contributed by atoms with Gasteiger partial charge in [-0.05, 0) is 29.7 Å². The molecule has 1 amide bonds. The topological polar surface area (TPSA) is 107 Å². The van der Waals surface area contributed by atoms with Gasteiger partial charge < -0.3 is 5.32 Å². The number of primary sulfonamides is 1. The van der Waals surface area contributed by atoms with Crippen LogP contribution in [-0.4, -0.2) is 24.1 Å². The third kappa shape index (κ3) is 5.47. The molecule has 3 rings (SSSR count). The summed E-state index contributed by atoms with van der Waals surface area (Å²) >= 11 is 6.09. The average Bonchev–Trinajstić information content (AvgIpc) is 3.10. The number of hydrogen-bond acceptors (Lipinski definition) is 4. The zero-order valence-electron chi connectivity index (χ0n) is 16.7. The predicted molar refractivity (Wildman–Crippen MR) is 118 cm³/mol. The van der Waals surface area contributed by atoms with Crippen molar-refractivity contribution in [2.75, 3.05) is 5.32 Å². The van der Waals surface area contributed by atoms with Gasteiger partial charge in [0.1, 0.15) is 0 Å². The highest BCUT2D eigenvalue weighted by atomic mass is 35.5. The number of nitrogens with two attached hydrogens (primary N) is 1. The third-order valence-electron chi connectivity index (χ3n) is 4.38. The molecular formula is C21H23ClN4O3S. The number of amides is 1. The molecule has 30 heavy (non-hydrogen) atoms. The summed E-state index contributed by atoms with van der Waals surface area (Å²) in [5.41, 5.74) is 2.07. The Morgan fingerprint density at radius 2 is 1.97 bits per heavy atom. The summed E-state index contributed by atoms with van der Waals surface area (Å²) in [6.45, 7) is 4.84. The first-order valence-electron chi connectivity index (χ1n) is 9.36. The molecule has 0 fully saturated rings. The molecule has 0 aliphatic heterocycles. The normalized spacial score (nSPS) is 11.6. The van der Waals surface area contributed by atoms with Crippen LogP contribution < -0.4 is 10.5 Å². The molecule has 0 atom stereocenters. The maximum Gasteiger partial charge on any atom is 0.238 e. The number of anilines is 1. The summed E-state index contributed by atoms with van der Waals surface area (Å²) in [7, 11) is -4.03. The fraction of sp³-hybridized carbons (Fsp3) is 0.238. The van der Waals surface area contributed by atoms with Gasteiger partial charge in [0.2, 0.25) is 15.9 Å². The van der Waals surface area contributed by atoms with E-state index in [1.54, 1.807) is 53.5 Å². The molecule has 1 aromatic heterocycles. The molecule has 0 aliphatic carbocycles. The van der Waals surface area contributed by atoms with E-state index in [0.717, 1.165) is 0 Å². The Bertz CT molecular complexity index is 1170. The standard InChI is InChI=1S/C21H23ClN4O3S/c1-14(2)12-26-13-16(11-24-26)18-8-7-17(10-20(18)30(23,28)29)25-21(27)9-15-5-3-4-6-19(15)22/h3-8,10-11,13-14H,9,12H2,1-2H3,(H,25,27)(H2,23,28,29). The summed E-state index contributed by atoms with van der Waals surface area (Å²) in [6, 6.07) is 11.6. The van der Waals surface area contributed by atoms with Gasteiger partial charge in [-0.1, -0.05) is 49.7 Å². The van der Waals surface area contributed by atoms with E-state index in [4.69, 9.17) is 16.7 Å². The van der Waals surface area contributed by atoms with Crippen LogP contribution in [0.15, 0.2) is 59.8 Å². The van der Waals surface area contributed by atoms with Crippen molar-refractivity contribution in [3.05, 3.63) is 65.4 Å². The first-order valence-corrected chi connectivity index (χ1v) is 11.3. The molecule has 0 saturated heterocycles. The number of nitrogens with zero attached hydrogens (tertiary/aromatic N) is 2. The molecule has 0 saturated carbocycles. The molecule has 3 N–H and O–H groups in total. The van der Waals surface area contributed by atoms with Crippen molar-refractivity contribution in [2.24, 2.45) is 11.1 Å². The van der Waals surface area contributed by atoms with Crippen LogP contribution in [-0.2, 0) is 27.8 Å². The SMILES string of the molecule is CC(C)Cn1cc(-c2ccc(NC(=O)Cc3ccccc3Cl)cc2S(N)(=O)=O)cn1. The molecule has 0 aliphatic rings. The second kappa shape index (κ2) is 8.99. The Labute approximate surface area is 180 Å². The van der Waals surface area contributed by atoms with Crippen molar-refractivity contribution in [1.82, 2.24) is 9.78 Å². The smallest absolute Gasteiger partial charge is 0.238 e. The lowest BCUT2D eigenvalue weighted by molar-refractivity contribution is -0.115. The first-order chi connectivity index (χ1) is 14.1. The summed E-state index contributed by atoms with van der Waals surface area (Å²) in [6.07, 6.45) is 3.44. The van der Waals surface area contributed by atoms with E-state index in [-0.39, 0.29) is 17.2 Å². The van der Waals surface area contributed by atoms with E-state index in [0.29, 0.717) is 39.9 Å². The van der Waals surface area contributed by atoms with Crippen molar-refractivity contribution < 1.29 is 13.2 Å². The predicted octanol–water partition coefficient (Wildman–Crippen LogP) is 3.69. The summed E-state index contributed by atoms with van der Waals surface area (Å²) in [4.78, 5) is 12.3. The van der Waals surface area contributed by atoms with Gasteiger partial charge in [-0.15, -0.1) is 0 Å². The van der Waals surface area contributed by atoms with Crippen molar-refractivity contribution in [2.45, 2.75) is 31.7 Å². The van der Waals surface area contributed by atoms with Gasteiger partial charge >= 0.3 is 0 Å². The van der Waals surface area contributed by atoms with E-state index in [1.807, 2.05) is 0 Å². The molecule has 7 nitrogen and oxygen atoms in total. The number of halogens is 1. The Morgan fingerprint density at radius 1 is 1.23 bits per heavy atom. The number of sulfonamides is 1. The largest absolute Gasteiger partial charge is 0.326 e. The molecule has 3 aromatic rings. The van der Waals surface area contributed by atoms with Crippen LogP contribution >= 0.6 is 11.6 Å².